The Morgan fingerprint density at radius 2 is 2.05 bits per heavy atom. The van der Waals surface area contributed by atoms with Crippen LogP contribution in [-0.4, -0.2) is 34.6 Å². The monoisotopic (exact) mass is 267 g/mol. The van der Waals surface area contributed by atoms with E-state index in [1.165, 1.54) is 5.69 Å². The molecule has 0 aliphatic heterocycles. The van der Waals surface area contributed by atoms with E-state index < -0.39 is 0 Å². The number of aromatic nitrogens is 2. The van der Waals surface area contributed by atoms with Gasteiger partial charge < -0.3 is 10.1 Å². The molecule has 1 unspecified atom stereocenters. The molecule has 0 saturated heterocycles. The first-order valence-electron chi connectivity index (χ1n) is 7.33. The maximum absolute atomic E-state index is 5.90. The maximum Gasteiger partial charge on any atom is 0.0782 e. The van der Waals surface area contributed by atoms with Crippen molar-refractivity contribution in [2.24, 2.45) is 7.05 Å². The molecule has 0 aliphatic carbocycles. The molecule has 0 spiro atoms. The smallest absolute Gasteiger partial charge is 0.0782 e. The standard InChI is InChI=1S/C15H29N3O/c1-7-12-10-13(18(6)17-12)11-14(16-8-2)15(4,5)19-9-3/h10,14,16H,7-9,11H2,1-6H3. The van der Waals surface area contributed by atoms with E-state index in [1.54, 1.807) is 0 Å². The molecule has 4 nitrogen and oxygen atoms in total. The normalized spacial score (nSPS) is 13.8. The highest BCUT2D eigenvalue weighted by Gasteiger charge is 2.30. The Bertz CT molecular complexity index is 385. The summed E-state index contributed by atoms with van der Waals surface area (Å²) in [6, 6.07) is 2.49. The number of hydrogen-bond donors (Lipinski definition) is 1. The molecule has 0 radical (unpaired) electrons. The minimum Gasteiger partial charge on any atom is -0.374 e. The minimum absolute atomic E-state index is 0.179. The molecule has 1 heterocycles. The van der Waals surface area contributed by atoms with Crippen LogP contribution in [0.4, 0.5) is 0 Å². The summed E-state index contributed by atoms with van der Waals surface area (Å²) in [6.07, 6.45) is 1.92. The van der Waals surface area contributed by atoms with Crippen LogP contribution in [0.1, 0.15) is 46.0 Å². The molecular formula is C15H29N3O. The van der Waals surface area contributed by atoms with Crippen molar-refractivity contribution in [3.05, 3.63) is 17.5 Å². The number of nitrogens with zero attached hydrogens (tertiary/aromatic N) is 2. The Morgan fingerprint density at radius 1 is 1.37 bits per heavy atom. The van der Waals surface area contributed by atoms with Crippen LogP contribution >= 0.6 is 0 Å². The number of likely N-dealkylation sites (N-methyl/N-ethyl adjacent to an activating group) is 1. The number of nitrogens with one attached hydrogen (secondary N) is 1. The molecule has 0 fully saturated rings. The van der Waals surface area contributed by atoms with E-state index in [1.807, 2.05) is 18.7 Å². The van der Waals surface area contributed by atoms with Gasteiger partial charge in [0, 0.05) is 31.8 Å². The van der Waals surface area contributed by atoms with Crippen LogP contribution < -0.4 is 5.32 Å². The Balaban J connectivity index is 2.85. The lowest BCUT2D eigenvalue weighted by atomic mass is 9.93. The Hall–Kier alpha value is -0.870. The molecule has 1 N–H and O–H groups in total. The zero-order valence-electron chi connectivity index (χ0n) is 13.3. The van der Waals surface area contributed by atoms with Gasteiger partial charge in [-0.15, -0.1) is 0 Å². The van der Waals surface area contributed by atoms with Crippen molar-refractivity contribution in [2.75, 3.05) is 13.2 Å². The fourth-order valence-electron chi connectivity index (χ4n) is 2.43. The molecule has 110 valence electrons. The van der Waals surface area contributed by atoms with Gasteiger partial charge in [0.15, 0.2) is 0 Å². The second-order valence-corrected chi connectivity index (χ2v) is 5.46. The lowest BCUT2D eigenvalue weighted by Gasteiger charge is -2.34. The van der Waals surface area contributed by atoms with Crippen molar-refractivity contribution in [1.29, 1.82) is 0 Å². The molecule has 0 bridgehead atoms. The first-order valence-corrected chi connectivity index (χ1v) is 7.33. The van der Waals surface area contributed by atoms with Crippen LogP contribution in [-0.2, 0) is 24.6 Å². The van der Waals surface area contributed by atoms with E-state index in [9.17, 15) is 0 Å². The summed E-state index contributed by atoms with van der Waals surface area (Å²) in [6.45, 7) is 12.3. The van der Waals surface area contributed by atoms with Gasteiger partial charge in [-0.2, -0.15) is 5.10 Å². The quantitative estimate of drug-likeness (QED) is 0.785. The van der Waals surface area contributed by atoms with Crippen LogP contribution in [0.25, 0.3) is 0 Å². The first kappa shape index (κ1) is 16.2. The fraction of sp³-hybridized carbons (Fsp3) is 0.800. The van der Waals surface area contributed by atoms with E-state index >= 15 is 0 Å². The molecule has 0 aromatic carbocycles. The number of aryl methyl sites for hydroxylation is 2. The van der Waals surface area contributed by atoms with E-state index in [0.717, 1.165) is 31.7 Å². The third kappa shape index (κ3) is 4.32. The van der Waals surface area contributed by atoms with E-state index in [4.69, 9.17) is 4.74 Å². The summed E-state index contributed by atoms with van der Waals surface area (Å²) in [5, 5.41) is 8.06. The van der Waals surface area contributed by atoms with Crippen LogP contribution in [0.5, 0.6) is 0 Å². The molecule has 1 atom stereocenters. The lowest BCUT2D eigenvalue weighted by molar-refractivity contribution is -0.0380. The summed E-state index contributed by atoms with van der Waals surface area (Å²) >= 11 is 0. The molecule has 1 aromatic heterocycles. The van der Waals surface area contributed by atoms with Crippen molar-refractivity contribution in [3.8, 4) is 0 Å². The first-order chi connectivity index (χ1) is 8.94. The van der Waals surface area contributed by atoms with Crippen LogP contribution in [0.2, 0.25) is 0 Å². The van der Waals surface area contributed by atoms with Crippen molar-refractivity contribution in [3.63, 3.8) is 0 Å². The Kier molecular flexibility index (Phi) is 6.01. The second-order valence-electron chi connectivity index (χ2n) is 5.46. The third-order valence-corrected chi connectivity index (χ3v) is 3.61. The molecule has 0 saturated carbocycles. The van der Waals surface area contributed by atoms with Crippen molar-refractivity contribution >= 4 is 0 Å². The molecule has 19 heavy (non-hydrogen) atoms. The van der Waals surface area contributed by atoms with Gasteiger partial charge in [-0.1, -0.05) is 13.8 Å². The summed E-state index contributed by atoms with van der Waals surface area (Å²) in [5.41, 5.74) is 2.24. The zero-order valence-corrected chi connectivity index (χ0v) is 13.3. The highest BCUT2D eigenvalue weighted by molar-refractivity contribution is 5.12. The Morgan fingerprint density at radius 3 is 2.53 bits per heavy atom. The summed E-state index contributed by atoms with van der Waals surface area (Å²) in [7, 11) is 2.02. The van der Waals surface area contributed by atoms with Gasteiger partial charge in [0.05, 0.1) is 11.3 Å². The van der Waals surface area contributed by atoms with Crippen LogP contribution in [0.3, 0.4) is 0 Å². The maximum atomic E-state index is 5.90. The number of rotatable bonds is 8. The van der Waals surface area contributed by atoms with Crippen LogP contribution in [0.15, 0.2) is 6.07 Å². The molecule has 0 aliphatic rings. The summed E-state index contributed by atoms with van der Waals surface area (Å²) < 4.78 is 7.89. The summed E-state index contributed by atoms with van der Waals surface area (Å²) in [5.74, 6) is 0. The number of ether oxygens (including phenoxy) is 1. The van der Waals surface area contributed by atoms with Crippen molar-refractivity contribution < 1.29 is 4.74 Å². The fourth-order valence-corrected chi connectivity index (χ4v) is 2.43. The predicted molar refractivity (Wildman–Crippen MR) is 79.5 cm³/mol. The van der Waals surface area contributed by atoms with E-state index in [0.29, 0.717) is 0 Å². The van der Waals surface area contributed by atoms with Gasteiger partial charge in [-0.25, -0.2) is 0 Å². The van der Waals surface area contributed by atoms with E-state index in [-0.39, 0.29) is 11.6 Å². The van der Waals surface area contributed by atoms with Gasteiger partial charge in [0.2, 0.25) is 0 Å². The number of hydrogen-bond acceptors (Lipinski definition) is 3. The van der Waals surface area contributed by atoms with Crippen molar-refractivity contribution in [1.82, 2.24) is 15.1 Å². The molecule has 0 amide bonds. The van der Waals surface area contributed by atoms with Gasteiger partial charge in [-0.3, -0.25) is 4.68 Å². The van der Waals surface area contributed by atoms with Crippen LogP contribution in [0, 0.1) is 0 Å². The van der Waals surface area contributed by atoms with Gasteiger partial charge in [0.1, 0.15) is 0 Å². The topological polar surface area (TPSA) is 39.1 Å². The predicted octanol–water partition coefficient (Wildman–Crippen LogP) is 2.32. The van der Waals surface area contributed by atoms with Gasteiger partial charge >= 0.3 is 0 Å². The molecular weight excluding hydrogens is 238 g/mol. The highest BCUT2D eigenvalue weighted by Crippen LogP contribution is 2.19. The molecule has 4 heteroatoms. The van der Waals surface area contributed by atoms with Gasteiger partial charge in [0.25, 0.3) is 0 Å². The molecule has 1 rings (SSSR count). The van der Waals surface area contributed by atoms with Crippen molar-refractivity contribution in [2.45, 2.75) is 59.1 Å². The lowest BCUT2D eigenvalue weighted by Crippen LogP contribution is -2.50. The average molecular weight is 267 g/mol. The Labute approximate surface area is 117 Å². The highest BCUT2D eigenvalue weighted by atomic mass is 16.5. The second kappa shape index (κ2) is 7.06. The zero-order chi connectivity index (χ0) is 14.5. The molecule has 1 aromatic rings. The SMILES string of the molecule is CCNC(Cc1cc(CC)nn1C)C(C)(C)OCC. The van der Waals surface area contributed by atoms with Gasteiger partial charge in [-0.05, 0) is 39.8 Å². The summed E-state index contributed by atoms with van der Waals surface area (Å²) in [4.78, 5) is 0. The third-order valence-electron chi connectivity index (χ3n) is 3.61. The van der Waals surface area contributed by atoms with E-state index in [2.05, 4.69) is 44.2 Å². The largest absolute Gasteiger partial charge is 0.374 e. The minimum atomic E-state index is -0.179. The average Bonchev–Trinajstić information content (AvgIpc) is 2.69.